The molecule has 1 atom stereocenters. The van der Waals surface area contributed by atoms with Crippen LogP contribution in [0.2, 0.25) is 5.02 Å². The van der Waals surface area contributed by atoms with E-state index in [2.05, 4.69) is 11.8 Å². The van der Waals surface area contributed by atoms with E-state index in [9.17, 15) is 5.11 Å². The molecule has 1 saturated heterocycles. The minimum atomic E-state index is -0.0803. The summed E-state index contributed by atoms with van der Waals surface area (Å²) in [5.74, 6) is 0.414. The van der Waals surface area contributed by atoms with E-state index in [1.54, 1.807) is 13.2 Å². The van der Waals surface area contributed by atoms with Crippen LogP contribution in [0.3, 0.4) is 0 Å². The second-order valence-corrected chi connectivity index (χ2v) is 6.00. The molecular formula is C15H22ClNO3. The Kier molecular flexibility index (Phi) is 4.78. The highest BCUT2D eigenvalue weighted by molar-refractivity contribution is 6.32. The van der Waals surface area contributed by atoms with Crippen molar-refractivity contribution in [1.82, 2.24) is 4.90 Å². The van der Waals surface area contributed by atoms with E-state index in [4.69, 9.17) is 21.1 Å². The van der Waals surface area contributed by atoms with Gasteiger partial charge in [0.25, 0.3) is 0 Å². The van der Waals surface area contributed by atoms with E-state index in [0.29, 0.717) is 10.8 Å². The van der Waals surface area contributed by atoms with Crippen LogP contribution in [0.25, 0.3) is 0 Å². The lowest BCUT2D eigenvalue weighted by Crippen LogP contribution is -2.46. The third-order valence-corrected chi connectivity index (χ3v) is 4.23. The molecule has 112 valence electrons. The van der Waals surface area contributed by atoms with Crippen LogP contribution in [0.15, 0.2) is 12.1 Å². The Morgan fingerprint density at radius 2 is 2.15 bits per heavy atom. The first-order valence-electron chi connectivity index (χ1n) is 6.80. The summed E-state index contributed by atoms with van der Waals surface area (Å²) in [5, 5.41) is 10.1. The SMILES string of the molecule is COc1cc(CN2CCCC(C)(OC)C2)cc(Cl)c1O. The zero-order valence-corrected chi connectivity index (χ0v) is 13.0. The van der Waals surface area contributed by atoms with Gasteiger partial charge in [0.05, 0.1) is 17.7 Å². The molecule has 0 aromatic heterocycles. The van der Waals surface area contributed by atoms with Crippen LogP contribution < -0.4 is 4.74 Å². The van der Waals surface area contributed by atoms with Gasteiger partial charge in [0, 0.05) is 20.2 Å². The first-order chi connectivity index (χ1) is 9.47. The molecule has 0 bridgehead atoms. The molecule has 0 saturated carbocycles. The Balaban J connectivity index is 2.12. The molecule has 1 aliphatic rings. The number of hydrogen-bond acceptors (Lipinski definition) is 4. The molecule has 0 spiro atoms. The van der Waals surface area contributed by atoms with Crippen LogP contribution in [0, 0.1) is 0 Å². The van der Waals surface area contributed by atoms with Crippen molar-refractivity contribution in [2.24, 2.45) is 0 Å². The molecule has 2 rings (SSSR count). The summed E-state index contributed by atoms with van der Waals surface area (Å²) < 4.78 is 10.7. The largest absolute Gasteiger partial charge is 0.503 e. The van der Waals surface area contributed by atoms with E-state index < -0.39 is 0 Å². The number of nitrogens with zero attached hydrogens (tertiary/aromatic N) is 1. The highest BCUT2D eigenvalue weighted by Gasteiger charge is 2.30. The Hall–Kier alpha value is -0.970. The van der Waals surface area contributed by atoms with E-state index in [-0.39, 0.29) is 11.4 Å². The summed E-state index contributed by atoms with van der Waals surface area (Å²) in [4.78, 5) is 2.34. The number of benzene rings is 1. The maximum atomic E-state index is 9.76. The fourth-order valence-electron chi connectivity index (χ4n) is 2.74. The van der Waals surface area contributed by atoms with Crippen molar-refractivity contribution < 1.29 is 14.6 Å². The van der Waals surface area contributed by atoms with Crippen molar-refractivity contribution in [3.8, 4) is 11.5 Å². The minimum Gasteiger partial charge on any atom is -0.503 e. The molecule has 5 heteroatoms. The second kappa shape index (κ2) is 6.20. The van der Waals surface area contributed by atoms with Crippen LogP contribution in [-0.4, -0.2) is 42.9 Å². The van der Waals surface area contributed by atoms with Gasteiger partial charge in [-0.1, -0.05) is 11.6 Å². The van der Waals surface area contributed by atoms with Gasteiger partial charge in [-0.25, -0.2) is 0 Å². The molecule has 20 heavy (non-hydrogen) atoms. The molecule has 1 unspecified atom stereocenters. The molecule has 1 aromatic rings. The number of phenols is 1. The summed E-state index contributed by atoms with van der Waals surface area (Å²) >= 11 is 6.03. The van der Waals surface area contributed by atoms with Crippen LogP contribution in [0.4, 0.5) is 0 Å². The maximum Gasteiger partial charge on any atom is 0.176 e. The number of methoxy groups -OCH3 is 2. The standard InChI is InChI=1S/C15H22ClNO3/c1-15(20-3)5-4-6-17(10-15)9-11-7-12(16)14(18)13(8-11)19-2/h7-8,18H,4-6,9-10H2,1-3H3. The quantitative estimate of drug-likeness (QED) is 0.928. The Labute approximate surface area is 125 Å². The van der Waals surface area contributed by atoms with Crippen LogP contribution >= 0.6 is 11.6 Å². The number of aromatic hydroxyl groups is 1. The molecule has 1 N–H and O–H groups in total. The van der Waals surface area contributed by atoms with E-state index in [1.165, 1.54) is 7.11 Å². The van der Waals surface area contributed by atoms with Gasteiger partial charge in [-0.15, -0.1) is 0 Å². The Morgan fingerprint density at radius 1 is 1.40 bits per heavy atom. The lowest BCUT2D eigenvalue weighted by Gasteiger charge is -2.39. The van der Waals surface area contributed by atoms with E-state index in [1.807, 2.05) is 6.07 Å². The monoisotopic (exact) mass is 299 g/mol. The number of hydrogen-bond donors (Lipinski definition) is 1. The van der Waals surface area contributed by atoms with Crippen molar-refractivity contribution in [2.75, 3.05) is 27.3 Å². The van der Waals surface area contributed by atoms with Crippen molar-refractivity contribution in [3.63, 3.8) is 0 Å². The molecule has 0 radical (unpaired) electrons. The summed E-state index contributed by atoms with van der Waals surface area (Å²) in [6, 6.07) is 3.62. The maximum absolute atomic E-state index is 9.76. The van der Waals surface area contributed by atoms with Gasteiger partial charge in [-0.05, 0) is 44.0 Å². The highest BCUT2D eigenvalue weighted by Crippen LogP contribution is 2.35. The van der Waals surface area contributed by atoms with Crippen LogP contribution in [0.1, 0.15) is 25.3 Å². The summed E-state index contributed by atoms with van der Waals surface area (Å²) in [6.07, 6.45) is 2.20. The van der Waals surface area contributed by atoms with Crippen molar-refractivity contribution in [1.29, 1.82) is 0 Å². The van der Waals surface area contributed by atoms with Gasteiger partial charge in [0.2, 0.25) is 0 Å². The number of likely N-dealkylation sites (tertiary alicyclic amines) is 1. The van der Waals surface area contributed by atoms with E-state index in [0.717, 1.165) is 38.0 Å². The molecule has 0 aliphatic carbocycles. The zero-order chi connectivity index (χ0) is 14.8. The number of halogens is 1. The number of piperidine rings is 1. The van der Waals surface area contributed by atoms with Gasteiger partial charge >= 0.3 is 0 Å². The van der Waals surface area contributed by atoms with Crippen molar-refractivity contribution in [3.05, 3.63) is 22.7 Å². The van der Waals surface area contributed by atoms with Gasteiger partial charge in [0.1, 0.15) is 0 Å². The average molecular weight is 300 g/mol. The molecular weight excluding hydrogens is 278 g/mol. The summed E-state index contributed by atoms with van der Waals surface area (Å²) in [5.41, 5.74) is 0.952. The first kappa shape index (κ1) is 15.4. The lowest BCUT2D eigenvalue weighted by atomic mass is 9.94. The first-order valence-corrected chi connectivity index (χ1v) is 7.18. The van der Waals surface area contributed by atoms with Crippen LogP contribution in [0.5, 0.6) is 11.5 Å². The van der Waals surface area contributed by atoms with Crippen molar-refractivity contribution >= 4 is 11.6 Å². The molecule has 1 heterocycles. The lowest BCUT2D eigenvalue weighted by molar-refractivity contribution is -0.0527. The fourth-order valence-corrected chi connectivity index (χ4v) is 2.97. The van der Waals surface area contributed by atoms with Gasteiger partial charge in [0.15, 0.2) is 11.5 Å². The average Bonchev–Trinajstić information content (AvgIpc) is 2.43. The van der Waals surface area contributed by atoms with Gasteiger partial charge in [-0.2, -0.15) is 0 Å². The van der Waals surface area contributed by atoms with Crippen LogP contribution in [-0.2, 0) is 11.3 Å². The molecule has 1 aliphatic heterocycles. The molecule has 4 nitrogen and oxygen atoms in total. The highest BCUT2D eigenvalue weighted by atomic mass is 35.5. The predicted molar refractivity (Wildman–Crippen MR) is 79.6 cm³/mol. The van der Waals surface area contributed by atoms with E-state index >= 15 is 0 Å². The zero-order valence-electron chi connectivity index (χ0n) is 12.3. The molecule has 1 aromatic carbocycles. The molecule has 1 fully saturated rings. The van der Waals surface area contributed by atoms with Gasteiger partial charge in [-0.3, -0.25) is 4.90 Å². The Bertz CT molecular complexity index is 480. The number of rotatable bonds is 4. The predicted octanol–water partition coefficient (Wildman–Crippen LogP) is 3.06. The minimum absolute atomic E-state index is 0.00158. The molecule has 0 amide bonds. The fraction of sp³-hybridized carbons (Fsp3) is 0.600. The Morgan fingerprint density at radius 3 is 2.80 bits per heavy atom. The second-order valence-electron chi connectivity index (χ2n) is 5.60. The number of ether oxygens (including phenoxy) is 2. The normalized spacial score (nSPS) is 23.8. The topological polar surface area (TPSA) is 41.9 Å². The van der Waals surface area contributed by atoms with Gasteiger partial charge < -0.3 is 14.6 Å². The smallest absolute Gasteiger partial charge is 0.176 e. The van der Waals surface area contributed by atoms with Crippen molar-refractivity contribution in [2.45, 2.75) is 31.9 Å². The summed E-state index contributed by atoms with van der Waals surface area (Å²) in [6.45, 7) is 4.85. The number of phenolic OH excluding ortho intramolecular Hbond substituents is 1. The third-order valence-electron chi connectivity index (χ3n) is 3.95. The summed E-state index contributed by atoms with van der Waals surface area (Å²) in [7, 11) is 3.29. The third kappa shape index (κ3) is 3.37.